The number of carbonyl (C=O) groups excluding carboxylic acids is 1. The van der Waals surface area contributed by atoms with Crippen LogP contribution in [0.4, 0.5) is 0 Å². The highest BCUT2D eigenvalue weighted by atomic mass is 16.1. The van der Waals surface area contributed by atoms with E-state index in [1.165, 1.54) is 0 Å². The molecule has 1 amide bonds. The van der Waals surface area contributed by atoms with Gasteiger partial charge in [0.25, 0.3) is 0 Å². The zero-order chi connectivity index (χ0) is 12.0. The zero-order valence-corrected chi connectivity index (χ0v) is 9.68. The van der Waals surface area contributed by atoms with E-state index in [9.17, 15) is 4.79 Å². The fourth-order valence-electron chi connectivity index (χ4n) is 1.90. The summed E-state index contributed by atoms with van der Waals surface area (Å²) < 4.78 is 0. The molecule has 0 bridgehead atoms. The molecule has 0 radical (unpaired) electrons. The molecule has 0 atom stereocenters. The minimum absolute atomic E-state index is 0.300. The van der Waals surface area contributed by atoms with Gasteiger partial charge in [0, 0.05) is 33.2 Å². The van der Waals surface area contributed by atoms with Crippen molar-refractivity contribution in [3.05, 3.63) is 0 Å². The van der Waals surface area contributed by atoms with Crippen molar-refractivity contribution < 1.29 is 4.79 Å². The number of hydrogen-bond donors (Lipinski definition) is 1. The lowest BCUT2D eigenvalue weighted by molar-refractivity contribution is -0.119. The van der Waals surface area contributed by atoms with Crippen LogP contribution in [0, 0.1) is 11.5 Å². The molecule has 1 heterocycles. The van der Waals surface area contributed by atoms with Gasteiger partial charge in [-0.25, -0.2) is 0 Å². The van der Waals surface area contributed by atoms with Crippen LogP contribution in [0.3, 0.4) is 0 Å². The van der Waals surface area contributed by atoms with Gasteiger partial charge in [-0.2, -0.15) is 5.26 Å². The Morgan fingerprint density at radius 3 is 2.69 bits per heavy atom. The molecule has 1 saturated heterocycles. The molecule has 0 aromatic heterocycles. The molecule has 6 heteroatoms. The minimum atomic E-state index is 0.300. The van der Waals surface area contributed by atoms with Gasteiger partial charge in [0.2, 0.25) is 12.4 Å². The number of aliphatic imine (C=N–C) groups is 1. The van der Waals surface area contributed by atoms with Gasteiger partial charge in [-0.05, 0) is 12.8 Å². The lowest BCUT2D eigenvalue weighted by atomic mass is 10.0. The Morgan fingerprint density at radius 1 is 1.62 bits per heavy atom. The summed E-state index contributed by atoms with van der Waals surface area (Å²) in [7, 11) is 3.46. The molecule has 88 valence electrons. The summed E-state index contributed by atoms with van der Waals surface area (Å²) in [5.41, 5.74) is 0. The number of piperidine rings is 1. The predicted molar refractivity (Wildman–Crippen MR) is 60.5 cm³/mol. The maximum Gasteiger partial charge on any atom is 0.209 e. The molecule has 1 fully saturated rings. The van der Waals surface area contributed by atoms with Crippen LogP contribution < -0.4 is 5.32 Å². The molecule has 0 unspecified atom stereocenters. The Balaban J connectivity index is 2.48. The van der Waals surface area contributed by atoms with Gasteiger partial charge in [0.1, 0.15) is 0 Å². The molecule has 6 nitrogen and oxygen atoms in total. The number of guanidine groups is 1. The standard InChI is InChI=1S/C10H17N5O/c1-12-10(13-7-11)15-5-3-9(4-6-15)14(2)8-16/h8-9H,3-6H2,1-2H3,(H,12,13). The van der Waals surface area contributed by atoms with Crippen molar-refractivity contribution in [1.29, 1.82) is 5.26 Å². The van der Waals surface area contributed by atoms with Gasteiger partial charge in [-0.3, -0.25) is 15.1 Å². The molecular weight excluding hydrogens is 206 g/mol. The first-order valence-electron chi connectivity index (χ1n) is 5.27. The van der Waals surface area contributed by atoms with E-state index >= 15 is 0 Å². The van der Waals surface area contributed by atoms with E-state index in [0.29, 0.717) is 12.0 Å². The molecular formula is C10H17N5O. The van der Waals surface area contributed by atoms with Crippen molar-refractivity contribution in [3.8, 4) is 6.19 Å². The van der Waals surface area contributed by atoms with Crippen molar-refractivity contribution in [2.75, 3.05) is 27.2 Å². The van der Waals surface area contributed by atoms with E-state index in [0.717, 1.165) is 32.3 Å². The van der Waals surface area contributed by atoms with Gasteiger partial charge >= 0.3 is 0 Å². The Morgan fingerprint density at radius 2 is 2.25 bits per heavy atom. The molecule has 0 saturated carbocycles. The molecule has 16 heavy (non-hydrogen) atoms. The third-order valence-electron chi connectivity index (χ3n) is 2.89. The van der Waals surface area contributed by atoms with Gasteiger partial charge in [-0.15, -0.1) is 0 Å². The first kappa shape index (κ1) is 12.3. The van der Waals surface area contributed by atoms with Crippen molar-refractivity contribution >= 4 is 12.4 Å². The molecule has 0 aromatic carbocycles. The summed E-state index contributed by atoms with van der Waals surface area (Å²) in [4.78, 5) is 18.4. The topological polar surface area (TPSA) is 71.7 Å². The number of amides is 1. The fourth-order valence-corrected chi connectivity index (χ4v) is 1.90. The largest absolute Gasteiger partial charge is 0.345 e. The number of nitriles is 1. The first-order chi connectivity index (χ1) is 7.72. The van der Waals surface area contributed by atoms with Gasteiger partial charge in [-0.1, -0.05) is 0 Å². The van der Waals surface area contributed by atoms with Gasteiger partial charge in [0.05, 0.1) is 0 Å². The SMILES string of the molecule is CN=C(NC#N)N1CCC(N(C)C=O)CC1. The van der Waals surface area contributed by atoms with E-state index < -0.39 is 0 Å². The highest BCUT2D eigenvalue weighted by molar-refractivity contribution is 5.81. The van der Waals surface area contributed by atoms with Crippen LogP contribution >= 0.6 is 0 Å². The Kier molecular flexibility index (Phi) is 4.58. The molecule has 1 N–H and O–H groups in total. The first-order valence-corrected chi connectivity index (χ1v) is 5.27. The summed E-state index contributed by atoms with van der Waals surface area (Å²) in [6.07, 6.45) is 4.54. The maximum atomic E-state index is 10.6. The number of nitrogens with one attached hydrogen (secondary N) is 1. The average Bonchev–Trinajstić information content (AvgIpc) is 2.35. The minimum Gasteiger partial charge on any atom is -0.345 e. The van der Waals surface area contributed by atoms with Gasteiger partial charge in [0.15, 0.2) is 6.19 Å². The maximum absolute atomic E-state index is 10.6. The highest BCUT2D eigenvalue weighted by Gasteiger charge is 2.23. The molecule has 0 spiro atoms. The second kappa shape index (κ2) is 5.95. The van der Waals surface area contributed by atoms with Gasteiger partial charge < -0.3 is 9.80 Å². The van der Waals surface area contributed by atoms with Crippen LogP contribution in [0.15, 0.2) is 4.99 Å². The van der Waals surface area contributed by atoms with E-state index in [2.05, 4.69) is 10.3 Å². The van der Waals surface area contributed by atoms with Crippen LogP contribution in [0.1, 0.15) is 12.8 Å². The second-order valence-electron chi connectivity index (χ2n) is 3.77. The van der Waals surface area contributed by atoms with E-state index in [4.69, 9.17) is 5.26 Å². The number of nitrogens with zero attached hydrogens (tertiary/aromatic N) is 4. The van der Waals surface area contributed by atoms with E-state index in [1.807, 2.05) is 11.1 Å². The quantitative estimate of drug-likeness (QED) is 0.227. The van der Waals surface area contributed by atoms with E-state index in [-0.39, 0.29) is 0 Å². The predicted octanol–water partition coefficient (Wildman–Crippen LogP) is -0.405. The summed E-state index contributed by atoms with van der Waals surface area (Å²) in [5, 5.41) is 11.1. The van der Waals surface area contributed by atoms with Crippen LogP contribution in [-0.4, -0.2) is 55.4 Å². The molecule has 1 aliphatic heterocycles. The summed E-state index contributed by atoms with van der Waals surface area (Å²) in [5.74, 6) is 0.606. The van der Waals surface area contributed by atoms with Crippen molar-refractivity contribution in [2.24, 2.45) is 4.99 Å². The van der Waals surface area contributed by atoms with Crippen LogP contribution in [0.5, 0.6) is 0 Å². The second-order valence-corrected chi connectivity index (χ2v) is 3.77. The number of carbonyl (C=O) groups is 1. The van der Waals surface area contributed by atoms with Crippen molar-refractivity contribution in [3.63, 3.8) is 0 Å². The number of likely N-dealkylation sites (tertiary alicyclic amines) is 1. The van der Waals surface area contributed by atoms with Crippen LogP contribution in [0.25, 0.3) is 0 Å². The summed E-state index contributed by atoms with van der Waals surface area (Å²) in [6, 6.07) is 0.300. The third-order valence-corrected chi connectivity index (χ3v) is 2.89. The third kappa shape index (κ3) is 2.86. The average molecular weight is 223 g/mol. The highest BCUT2D eigenvalue weighted by Crippen LogP contribution is 2.14. The normalized spacial score (nSPS) is 17.8. The molecule has 1 rings (SSSR count). The number of rotatable bonds is 2. The van der Waals surface area contributed by atoms with Crippen LogP contribution in [0.2, 0.25) is 0 Å². The molecule has 0 aliphatic carbocycles. The summed E-state index contributed by atoms with van der Waals surface area (Å²) in [6.45, 7) is 1.62. The van der Waals surface area contributed by atoms with Crippen molar-refractivity contribution in [2.45, 2.75) is 18.9 Å². The lowest BCUT2D eigenvalue weighted by Gasteiger charge is -2.36. The van der Waals surface area contributed by atoms with Crippen molar-refractivity contribution in [1.82, 2.24) is 15.1 Å². The lowest BCUT2D eigenvalue weighted by Crippen LogP contribution is -2.48. The zero-order valence-electron chi connectivity index (χ0n) is 9.68. The number of hydrogen-bond acceptors (Lipinski definition) is 3. The Labute approximate surface area is 95.5 Å². The Hall–Kier alpha value is -1.77. The Bertz CT molecular complexity index is 301. The monoisotopic (exact) mass is 223 g/mol. The summed E-state index contributed by atoms with van der Waals surface area (Å²) >= 11 is 0. The molecule has 0 aromatic rings. The van der Waals surface area contributed by atoms with Crippen LogP contribution in [-0.2, 0) is 4.79 Å². The fraction of sp³-hybridized carbons (Fsp3) is 0.700. The smallest absolute Gasteiger partial charge is 0.209 e. The molecule has 1 aliphatic rings. The van der Waals surface area contributed by atoms with E-state index in [1.54, 1.807) is 19.0 Å².